The molecule has 5 heterocycles. The van der Waals surface area contributed by atoms with Crippen LogP contribution >= 0.6 is 0 Å². The van der Waals surface area contributed by atoms with E-state index in [0.29, 0.717) is 60.8 Å². The number of benzene rings is 1. The number of hydrogen-bond acceptors (Lipinski definition) is 7. The molecule has 6 rings (SSSR count). The first-order valence-corrected chi connectivity index (χ1v) is 12.4. The number of hydrogen-bond donors (Lipinski definition) is 2. The van der Waals surface area contributed by atoms with Gasteiger partial charge in [0.15, 0.2) is 5.65 Å². The molecule has 10 heteroatoms. The lowest BCUT2D eigenvalue weighted by Gasteiger charge is -2.27. The van der Waals surface area contributed by atoms with Gasteiger partial charge in [-0.1, -0.05) is 12.1 Å². The second-order valence-corrected chi connectivity index (χ2v) is 9.63. The number of anilines is 1. The smallest absolute Gasteiger partial charge is 0.260 e. The van der Waals surface area contributed by atoms with Crippen LogP contribution in [0.1, 0.15) is 45.0 Å². The number of amides is 1. The summed E-state index contributed by atoms with van der Waals surface area (Å²) in [5.41, 5.74) is 13.8. The van der Waals surface area contributed by atoms with Crippen LogP contribution in [-0.2, 0) is 17.8 Å². The van der Waals surface area contributed by atoms with Crippen LogP contribution < -0.4 is 5.73 Å². The van der Waals surface area contributed by atoms with E-state index in [1.807, 2.05) is 43.7 Å². The van der Waals surface area contributed by atoms with Crippen molar-refractivity contribution in [3.05, 3.63) is 64.2 Å². The summed E-state index contributed by atoms with van der Waals surface area (Å²) in [5, 5.41) is 14.8. The quantitative estimate of drug-likeness (QED) is 0.443. The van der Waals surface area contributed by atoms with Gasteiger partial charge in [0.05, 0.1) is 49.1 Å². The number of nitrogens with two attached hydrogens (primary N) is 1. The highest BCUT2D eigenvalue weighted by Gasteiger charge is 2.32. The standard InChI is InChI=1S/C27H29N7O3/c1-15-4-5-20(35)16(2)24(15)34-25(28)21(27(36)32-10-11-33-19(14-32)6-9-29-33)23-26(34)30-17(3)22(31-23)18-7-12-37-13-8-18/h4-7,9,35H,8,10-14,28H2,1-3H3. The Morgan fingerprint density at radius 1 is 1.14 bits per heavy atom. The molecule has 3 N–H and O–H groups in total. The second-order valence-electron chi connectivity index (χ2n) is 9.63. The molecule has 0 saturated heterocycles. The molecule has 0 saturated carbocycles. The molecule has 0 radical (unpaired) electrons. The lowest BCUT2D eigenvalue weighted by molar-refractivity contribution is 0.0709. The van der Waals surface area contributed by atoms with Crippen molar-refractivity contribution in [3.63, 3.8) is 0 Å². The van der Waals surface area contributed by atoms with Crippen molar-refractivity contribution in [2.45, 2.75) is 40.3 Å². The molecular weight excluding hydrogens is 470 g/mol. The van der Waals surface area contributed by atoms with Crippen molar-refractivity contribution >= 4 is 28.5 Å². The van der Waals surface area contributed by atoms with Crippen molar-refractivity contribution in [2.24, 2.45) is 0 Å². The minimum absolute atomic E-state index is 0.146. The molecule has 190 valence electrons. The minimum atomic E-state index is -0.200. The minimum Gasteiger partial charge on any atom is -0.508 e. The normalized spacial score (nSPS) is 15.6. The summed E-state index contributed by atoms with van der Waals surface area (Å²) in [6.07, 6.45) is 4.49. The average molecular weight is 500 g/mol. The van der Waals surface area contributed by atoms with Gasteiger partial charge in [0.1, 0.15) is 22.6 Å². The summed E-state index contributed by atoms with van der Waals surface area (Å²) < 4.78 is 9.17. The van der Waals surface area contributed by atoms with Gasteiger partial charge in [0, 0.05) is 18.3 Å². The van der Waals surface area contributed by atoms with E-state index in [9.17, 15) is 9.90 Å². The van der Waals surface area contributed by atoms with Gasteiger partial charge in [0.2, 0.25) is 0 Å². The summed E-state index contributed by atoms with van der Waals surface area (Å²) in [6, 6.07) is 5.41. The average Bonchev–Trinajstić information content (AvgIpc) is 3.48. The number of phenols is 1. The first kappa shape index (κ1) is 23.2. The molecule has 0 fully saturated rings. The van der Waals surface area contributed by atoms with Gasteiger partial charge >= 0.3 is 0 Å². The van der Waals surface area contributed by atoms with E-state index in [1.165, 1.54) is 0 Å². The van der Waals surface area contributed by atoms with E-state index < -0.39 is 0 Å². The van der Waals surface area contributed by atoms with Gasteiger partial charge in [-0.2, -0.15) is 5.10 Å². The van der Waals surface area contributed by atoms with Crippen LogP contribution in [0.3, 0.4) is 0 Å². The van der Waals surface area contributed by atoms with Crippen LogP contribution in [-0.4, -0.2) is 60.0 Å². The summed E-state index contributed by atoms with van der Waals surface area (Å²) in [6.45, 7) is 8.39. The number of nitrogens with zero attached hydrogens (tertiary/aromatic N) is 6. The summed E-state index contributed by atoms with van der Waals surface area (Å²) in [4.78, 5) is 25.8. The van der Waals surface area contributed by atoms with Crippen molar-refractivity contribution in [2.75, 3.05) is 25.5 Å². The van der Waals surface area contributed by atoms with Gasteiger partial charge in [-0.25, -0.2) is 9.97 Å². The van der Waals surface area contributed by atoms with E-state index >= 15 is 0 Å². The third-order valence-electron chi connectivity index (χ3n) is 7.33. The Morgan fingerprint density at radius 3 is 2.76 bits per heavy atom. The number of carbonyl (C=O) groups is 1. The monoisotopic (exact) mass is 499 g/mol. The van der Waals surface area contributed by atoms with Crippen LogP contribution in [0.2, 0.25) is 0 Å². The maximum atomic E-state index is 14.1. The van der Waals surface area contributed by atoms with Crippen LogP contribution in [0.15, 0.2) is 30.5 Å². The molecule has 10 nitrogen and oxygen atoms in total. The van der Waals surface area contributed by atoms with Gasteiger partial charge in [-0.3, -0.25) is 14.0 Å². The molecule has 2 aliphatic heterocycles. The maximum absolute atomic E-state index is 14.1. The predicted octanol–water partition coefficient (Wildman–Crippen LogP) is 3.29. The molecule has 2 aliphatic rings. The lowest BCUT2D eigenvalue weighted by Crippen LogP contribution is -2.38. The predicted molar refractivity (Wildman–Crippen MR) is 140 cm³/mol. The summed E-state index contributed by atoms with van der Waals surface area (Å²) >= 11 is 0. The van der Waals surface area contributed by atoms with Gasteiger partial charge in [-0.15, -0.1) is 0 Å². The Balaban J connectivity index is 1.59. The number of rotatable bonds is 3. The van der Waals surface area contributed by atoms with Crippen LogP contribution in [0, 0.1) is 20.8 Å². The van der Waals surface area contributed by atoms with E-state index in [4.69, 9.17) is 20.4 Å². The van der Waals surface area contributed by atoms with E-state index in [0.717, 1.165) is 34.6 Å². The summed E-state index contributed by atoms with van der Waals surface area (Å²) in [7, 11) is 0. The molecule has 0 atom stereocenters. The molecule has 3 aromatic heterocycles. The zero-order chi connectivity index (χ0) is 25.8. The SMILES string of the molecule is Cc1ccc(O)c(C)c1-n1c(N)c(C(=O)N2CCn3nccc3C2)c2nc(C3=CCOCC3)c(C)nc21. The molecule has 4 aromatic rings. The van der Waals surface area contributed by atoms with Crippen molar-refractivity contribution in [3.8, 4) is 11.4 Å². The largest absolute Gasteiger partial charge is 0.508 e. The second kappa shape index (κ2) is 8.74. The van der Waals surface area contributed by atoms with Crippen molar-refractivity contribution < 1.29 is 14.6 Å². The third-order valence-corrected chi connectivity index (χ3v) is 7.33. The van der Waals surface area contributed by atoms with Gasteiger partial charge in [0.25, 0.3) is 5.91 Å². The van der Waals surface area contributed by atoms with Crippen molar-refractivity contribution in [1.82, 2.24) is 29.2 Å². The van der Waals surface area contributed by atoms with E-state index in [1.54, 1.807) is 21.7 Å². The number of aromatic nitrogens is 5. The Hall–Kier alpha value is -4.18. The summed E-state index contributed by atoms with van der Waals surface area (Å²) in [5.74, 6) is 0.204. The third kappa shape index (κ3) is 3.67. The fraction of sp³-hybridized carbons (Fsp3) is 0.333. The molecule has 1 aromatic carbocycles. The first-order valence-electron chi connectivity index (χ1n) is 12.4. The van der Waals surface area contributed by atoms with Crippen LogP contribution in [0.25, 0.3) is 22.4 Å². The Bertz CT molecular complexity index is 1600. The highest BCUT2D eigenvalue weighted by Crippen LogP contribution is 2.37. The Labute approximate surface area is 214 Å². The zero-order valence-electron chi connectivity index (χ0n) is 21.2. The molecule has 1 amide bonds. The molecule has 0 bridgehead atoms. The molecular formula is C27H29N7O3. The highest BCUT2D eigenvalue weighted by atomic mass is 16.5. The van der Waals surface area contributed by atoms with E-state index in [2.05, 4.69) is 5.10 Å². The molecule has 0 aliphatic carbocycles. The Morgan fingerprint density at radius 2 is 1.97 bits per heavy atom. The molecule has 0 unspecified atom stereocenters. The van der Waals surface area contributed by atoms with Crippen LogP contribution in [0.4, 0.5) is 5.82 Å². The van der Waals surface area contributed by atoms with Gasteiger partial charge < -0.3 is 20.5 Å². The molecule has 0 spiro atoms. The van der Waals surface area contributed by atoms with Crippen molar-refractivity contribution in [1.29, 1.82) is 0 Å². The fourth-order valence-corrected chi connectivity index (χ4v) is 5.35. The first-order chi connectivity index (χ1) is 17.8. The van der Waals surface area contributed by atoms with Gasteiger partial charge in [-0.05, 0) is 50.5 Å². The number of nitrogen functional groups attached to an aromatic ring is 1. The lowest BCUT2D eigenvalue weighted by atomic mass is 10.1. The van der Waals surface area contributed by atoms with Crippen LogP contribution in [0.5, 0.6) is 5.75 Å². The number of aromatic hydroxyl groups is 1. The number of phenolic OH excluding ortho intramolecular Hbond substituents is 1. The van der Waals surface area contributed by atoms with E-state index in [-0.39, 0.29) is 17.5 Å². The number of aryl methyl sites for hydroxylation is 2. The number of fused-ring (bicyclic) bond motifs is 2. The maximum Gasteiger partial charge on any atom is 0.260 e. The zero-order valence-corrected chi connectivity index (χ0v) is 21.2. The fourth-order valence-electron chi connectivity index (χ4n) is 5.35. The Kier molecular flexibility index (Phi) is 5.49. The number of ether oxygens (including phenoxy) is 1. The highest BCUT2D eigenvalue weighted by molar-refractivity contribution is 6.10. The number of carbonyl (C=O) groups excluding carboxylic acids is 1. The topological polar surface area (TPSA) is 124 Å². The molecule has 37 heavy (non-hydrogen) atoms.